The van der Waals surface area contributed by atoms with Crippen molar-refractivity contribution in [3.63, 3.8) is 0 Å². The van der Waals surface area contributed by atoms with E-state index in [4.69, 9.17) is 5.73 Å². The van der Waals surface area contributed by atoms with E-state index in [1.807, 2.05) is 0 Å². The Bertz CT molecular complexity index is 689. The maximum Gasteiger partial charge on any atom is 0.0548 e. The van der Waals surface area contributed by atoms with Crippen molar-refractivity contribution in [2.45, 2.75) is 37.8 Å². The van der Waals surface area contributed by atoms with Gasteiger partial charge >= 0.3 is 0 Å². The Hall–Kier alpha value is -1.84. The predicted molar refractivity (Wildman–Crippen MR) is 105 cm³/mol. The van der Waals surface area contributed by atoms with Gasteiger partial charge in [-0.15, -0.1) is 0 Å². The van der Waals surface area contributed by atoms with E-state index in [1.54, 1.807) is 0 Å². The Balaban J connectivity index is 1.49. The second-order valence-corrected chi connectivity index (χ2v) is 7.57. The number of anilines is 1. The summed E-state index contributed by atoms with van der Waals surface area (Å²) in [4.78, 5) is 5.23. The molecule has 1 fully saturated rings. The number of rotatable bonds is 4. The first-order chi connectivity index (χ1) is 12.3. The molecule has 3 heteroatoms. The molecule has 0 aromatic heterocycles. The van der Waals surface area contributed by atoms with Crippen LogP contribution in [0, 0.1) is 0 Å². The molecule has 0 radical (unpaired) electrons. The van der Waals surface area contributed by atoms with Crippen LogP contribution in [-0.2, 0) is 13.0 Å². The molecule has 0 amide bonds. The van der Waals surface area contributed by atoms with Crippen LogP contribution in [0.15, 0.2) is 54.6 Å². The van der Waals surface area contributed by atoms with Gasteiger partial charge in [-0.2, -0.15) is 0 Å². The van der Waals surface area contributed by atoms with Gasteiger partial charge in [0.15, 0.2) is 0 Å². The van der Waals surface area contributed by atoms with Crippen molar-refractivity contribution in [2.24, 2.45) is 5.73 Å². The monoisotopic (exact) mass is 335 g/mol. The molecule has 2 N–H and O–H groups in total. The summed E-state index contributed by atoms with van der Waals surface area (Å²) in [5, 5.41) is 0. The summed E-state index contributed by atoms with van der Waals surface area (Å²) in [7, 11) is 0. The van der Waals surface area contributed by atoms with E-state index in [1.165, 1.54) is 29.7 Å². The van der Waals surface area contributed by atoms with Crippen molar-refractivity contribution < 1.29 is 0 Å². The van der Waals surface area contributed by atoms with Gasteiger partial charge in [0.2, 0.25) is 0 Å². The third kappa shape index (κ3) is 3.31. The minimum Gasteiger partial charge on any atom is -0.364 e. The van der Waals surface area contributed by atoms with Gasteiger partial charge < -0.3 is 10.6 Å². The number of nitrogens with zero attached hydrogens (tertiary/aromatic N) is 2. The van der Waals surface area contributed by atoms with Crippen LogP contribution in [0.4, 0.5) is 5.69 Å². The van der Waals surface area contributed by atoms with Crippen molar-refractivity contribution in [3.05, 3.63) is 65.7 Å². The van der Waals surface area contributed by atoms with Crippen LogP contribution in [0.1, 0.15) is 30.4 Å². The summed E-state index contributed by atoms with van der Waals surface area (Å²) in [6.45, 7) is 5.21. The lowest BCUT2D eigenvalue weighted by Gasteiger charge is -2.51. The van der Waals surface area contributed by atoms with Crippen molar-refractivity contribution >= 4 is 5.69 Å². The van der Waals surface area contributed by atoms with Crippen molar-refractivity contribution in [3.8, 4) is 0 Å². The molecule has 2 aliphatic rings. The highest BCUT2D eigenvalue weighted by Crippen LogP contribution is 2.37. The number of hydrogen-bond acceptors (Lipinski definition) is 3. The summed E-state index contributed by atoms with van der Waals surface area (Å²) in [6.07, 6.45) is 4.76. The van der Waals surface area contributed by atoms with Crippen LogP contribution < -0.4 is 10.6 Å². The lowest BCUT2D eigenvalue weighted by molar-refractivity contribution is 0.151. The number of benzene rings is 2. The maximum atomic E-state index is 6.36. The number of piperidine rings is 1. The smallest absolute Gasteiger partial charge is 0.0548 e. The molecule has 0 spiro atoms. The number of fused-ring (bicyclic) bond motifs is 1. The molecule has 1 saturated heterocycles. The van der Waals surface area contributed by atoms with E-state index < -0.39 is 0 Å². The zero-order valence-corrected chi connectivity index (χ0v) is 15.0. The first-order valence-electron chi connectivity index (χ1n) is 9.63. The molecule has 2 aliphatic heterocycles. The van der Waals surface area contributed by atoms with E-state index in [9.17, 15) is 0 Å². The Morgan fingerprint density at radius 3 is 2.36 bits per heavy atom. The van der Waals surface area contributed by atoms with Crippen LogP contribution in [0.3, 0.4) is 0 Å². The van der Waals surface area contributed by atoms with E-state index in [-0.39, 0.29) is 5.54 Å². The first kappa shape index (κ1) is 16.6. The van der Waals surface area contributed by atoms with Gasteiger partial charge in [-0.3, -0.25) is 4.90 Å². The maximum absolute atomic E-state index is 6.36. The van der Waals surface area contributed by atoms with Crippen LogP contribution in [0.5, 0.6) is 0 Å². The molecule has 132 valence electrons. The molecule has 0 unspecified atom stereocenters. The zero-order chi connectivity index (χ0) is 17.1. The summed E-state index contributed by atoms with van der Waals surface area (Å²) < 4.78 is 0. The summed E-state index contributed by atoms with van der Waals surface area (Å²) in [6, 6.07) is 19.7. The summed E-state index contributed by atoms with van der Waals surface area (Å²) >= 11 is 0. The van der Waals surface area contributed by atoms with Gasteiger partial charge in [-0.25, -0.2) is 0 Å². The summed E-state index contributed by atoms with van der Waals surface area (Å²) in [5.74, 6) is 0. The molecule has 0 bridgehead atoms. The molecule has 0 aliphatic carbocycles. The third-order valence-corrected chi connectivity index (χ3v) is 6.10. The molecule has 2 heterocycles. The van der Waals surface area contributed by atoms with E-state index in [2.05, 4.69) is 64.4 Å². The number of nitrogens with two attached hydrogens (primary N) is 1. The van der Waals surface area contributed by atoms with Crippen molar-refractivity contribution in [1.82, 2.24) is 4.90 Å². The Morgan fingerprint density at radius 2 is 1.60 bits per heavy atom. The van der Waals surface area contributed by atoms with Gasteiger partial charge in [0, 0.05) is 38.4 Å². The summed E-state index contributed by atoms with van der Waals surface area (Å²) in [5.41, 5.74) is 10.8. The van der Waals surface area contributed by atoms with Crippen LogP contribution in [-0.4, -0.2) is 36.6 Å². The fourth-order valence-electron chi connectivity index (χ4n) is 4.58. The Kier molecular flexibility index (Phi) is 4.78. The molecule has 2 aromatic rings. The predicted octanol–water partition coefficient (Wildman–Crippen LogP) is 3.43. The van der Waals surface area contributed by atoms with E-state index >= 15 is 0 Å². The topological polar surface area (TPSA) is 32.5 Å². The largest absolute Gasteiger partial charge is 0.364 e. The minimum absolute atomic E-state index is 0.129. The minimum atomic E-state index is 0.129. The molecule has 4 rings (SSSR count). The van der Waals surface area contributed by atoms with E-state index in [0.717, 1.165) is 45.6 Å². The van der Waals surface area contributed by atoms with Crippen LogP contribution in [0.2, 0.25) is 0 Å². The second-order valence-electron chi connectivity index (χ2n) is 7.57. The standard InChI is InChI=1S/C22H29N3/c23-18-22(25-14-6-10-20-9-4-5-11-21(20)25)12-15-24(16-13-22)17-19-7-2-1-3-8-19/h1-5,7-9,11H,6,10,12-18,23H2. The molecule has 2 aromatic carbocycles. The molecule has 0 saturated carbocycles. The van der Waals surface area contributed by atoms with Crippen LogP contribution >= 0.6 is 0 Å². The first-order valence-corrected chi connectivity index (χ1v) is 9.63. The average Bonchev–Trinajstić information content (AvgIpc) is 2.69. The number of likely N-dealkylation sites (tertiary alicyclic amines) is 1. The number of hydrogen-bond donors (Lipinski definition) is 1. The van der Waals surface area contributed by atoms with Gasteiger partial charge in [-0.05, 0) is 42.9 Å². The van der Waals surface area contributed by atoms with Gasteiger partial charge in [0.05, 0.1) is 5.54 Å². The highest BCUT2D eigenvalue weighted by molar-refractivity contribution is 5.57. The highest BCUT2D eigenvalue weighted by Gasteiger charge is 2.40. The molecule has 0 atom stereocenters. The van der Waals surface area contributed by atoms with Crippen molar-refractivity contribution in [2.75, 3.05) is 31.1 Å². The lowest BCUT2D eigenvalue weighted by Crippen LogP contribution is -2.60. The van der Waals surface area contributed by atoms with Crippen LogP contribution in [0.25, 0.3) is 0 Å². The molecule has 3 nitrogen and oxygen atoms in total. The zero-order valence-electron chi connectivity index (χ0n) is 15.0. The fraction of sp³-hybridized carbons (Fsp3) is 0.455. The third-order valence-electron chi connectivity index (χ3n) is 6.10. The fourth-order valence-corrected chi connectivity index (χ4v) is 4.58. The van der Waals surface area contributed by atoms with E-state index in [0.29, 0.717) is 0 Å². The van der Waals surface area contributed by atoms with Gasteiger partial charge in [-0.1, -0.05) is 48.5 Å². The molecular formula is C22H29N3. The normalized spacial score (nSPS) is 20.3. The Labute approximate surface area is 151 Å². The quantitative estimate of drug-likeness (QED) is 0.929. The van der Waals surface area contributed by atoms with Crippen molar-refractivity contribution in [1.29, 1.82) is 0 Å². The second kappa shape index (κ2) is 7.19. The van der Waals surface area contributed by atoms with Gasteiger partial charge in [0.1, 0.15) is 0 Å². The average molecular weight is 335 g/mol. The Morgan fingerprint density at radius 1 is 0.880 bits per heavy atom. The number of aryl methyl sites for hydroxylation is 1. The number of para-hydroxylation sites is 1. The molecular weight excluding hydrogens is 306 g/mol. The molecule has 25 heavy (non-hydrogen) atoms. The van der Waals surface area contributed by atoms with Gasteiger partial charge in [0.25, 0.3) is 0 Å². The lowest BCUT2D eigenvalue weighted by atomic mass is 9.83. The SMILES string of the molecule is NCC1(N2CCCc3ccccc32)CCN(Cc2ccccc2)CC1. The highest BCUT2D eigenvalue weighted by atomic mass is 15.3.